The van der Waals surface area contributed by atoms with Gasteiger partial charge in [0, 0.05) is 31.7 Å². The summed E-state index contributed by atoms with van der Waals surface area (Å²) < 4.78 is 16.6. The van der Waals surface area contributed by atoms with Gasteiger partial charge in [-0.2, -0.15) is 0 Å². The smallest absolute Gasteiger partial charge is 0.261 e. The average Bonchev–Trinajstić information content (AvgIpc) is 3.05. The second-order valence-corrected chi connectivity index (χ2v) is 9.01. The summed E-state index contributed by atoms with van der Waals surface area (Å²) in [6.45, 7) is 1.76. The Morgan fingerprint density at radius 3 is 2.69 bits per heavy atom. The van der Waals surface area contributed by atoms with Crippen molar-refractivity contribution >= 4 is 16.7 Å². The minimum atomic E-state index is -0.938. The van der Waals surface area contributed by atoms with Gasteiger partial charge in [0.25, 0.3) is 5.56 Å². The zero-order chi connectivity index (χ0) is 22.7. The van der Waals surface area contributed by atoms with Crippen LogP contribution in [0.3, 0.4) is 0 Å². The lowest BCUT2D eigenvalue weighted by Crippen LogP contribution is -2.56. The minimum absolute atomic E-state index is 0.0355. The van der Waals surface area contributed by atoms with E-state index in [0.29, 0.717) is 39.8 Å². The number of anilines is 1. The molecule has 1 aromatic carbocycles. The predicted octanol–water partition coefficient (Wildman–Crippen LogP) is 2.41. The number of phenolic OH excluding ortho intramolecular Hbond substituents is 1. The number of halogens is 1. The number of aromatic nitrogens is 4. The maximum absolute atomic E-state index is 15.2. The van der Waals surface area contributed by atoms with E-state index in [1.165, 1.54) is 10.6 Å². The lowest BCUT2D eigenvalue weighted by atomic mass is 9.95. The van der Waals surface area contributed by atoms with Crippen LogP contribution >= 0.6 is 0 Å². The summed E-state index contributed by atoms with van der Waals surface area (Å²) in [7, 11) is 5.52. The summed E-state index contributed by atoms with van der Waals surface area (Å²) in [4.78, 5) is 21.0. The Morgan fingerprint density at radius 1 is 1.19 bits per heavy atom. The molecular weight excluding hydrogens is 411 g/mol. The van der Waals surface area contributed by atoms with Crippen molar-refractivity contribution < 1.29 is 9.50 Å². The Hall–Kier alpha value is -3.07. The van der Waals surface area contributed by atoms with Gasteiger partial charge in [0.2, 0.25) is 0 Å². The number of hydrogen-bond acceptors (Lipinski definition) is 7. The Kier molecular flexibility index (Phi) is 4.88. The van der Waals surface area contributed by atoms with Gasteiger partial charge in [-0.05, 0) is 57.5 Å². The number of benzene rings is 1. The number of fused-ring (bicyclic) bond motifs is 3. The first-order valence-corrected chi connectivity index (χ1v) is 10.9. The van der Waals surface area contributed by atoms with E-state index >= 15 is 4.39 Å². The van der Waals surface area contributed by atoms with Crippen LogP contribution in [0, 0.1) is 6.92 Å². The minimum Gasteiger partial charge on any atom is -0.507 e. The molecule has 168 valence electrons. The molecule has 5 rings (SSSR count). The molecule has 2 saturated heterocycles. The second-order valence-electron chi connectivity index (χ2n) is 9.01. The van der Waals surface area contributed by atoms with Gasteiger partial charge >= 0.3 is 0 Å². The summed E-state index contributed by atoms with van der Waals surface area (Å²) in [5.41, 5.74) is 1.18. The molecule has 1 N–H and O–H groups in total. The first-order valence-electron chi connectivity index (χ1n) is 10.9. The fourth-order valence-electron chi connectivity index (χ4n) is 5.20. The van der Waals surface area contributed by atoms with Crippen molar-refractivity contribution in [2.75, 3.05) is 19.0 Å². The Bertz CT molecular complexity index is 1240. The molecule has 2 aliphatic heterocycles. The van der Waals surface area contributed by atoms with Crippen LogP contribution in [0.2, 0.25) is 0 Å². The fraction of sp³-hybridized carbons (Fsp3) is 0.478. The third-order valence-corrected chi connectivity index (χ3v) is 7.35. The molecule has 0 saturated carbocycles. The lowest BCUT2D eigenvalue weighted by molar-refractivity contribution is 0.0701. The highest BCUT2D eigenvalue weighted by molar-refractivity contribution is 5.86. The van der Waals surface area contributed by atoms with Gasteiger partial charge in [0.05, 0.1) is 22.6 Å². The molecule has 0 unspecified atom stereocenters. The highest BCUT2D eigenvalue weighted by atomic mass is 19.1. The van der Waals surface area contributed by atoms with E-state index in [2.05, 4.69) is 20.1 Å². The number of aromatic hydroxyl groups is 1. The number of rotatable bonds is 3. The summed E-state index contributed by atoms with van der Waals surface area (Å²) in [6, 6.07) is 6.76. The van der Waals surface area contributed by atoms with Crippen molar-refractivity contribution in [3.8, 4) is 17.0 Å². The molecule has 3 aromatic rings. The highest BCUT2D eigenvalue weighted by Crippen LogP contribution is 2.39. The molecule has 32 heavy (non-hydrogen) atoms. The molecule has 2 fully saturated rings. The summed E-state index contributed by atoms with van der Waals surface area (Å²) >= 11 is 0. The highest BCUT2D eigenvalue weighted by Gasteiger charge is 2.47. The Labute approximate surface area is 185 Å². The van der Waals surface area contributed by atoms with E-state index in [1.807, 2.05) is 19.0 Å². The third-order valence-electron chi connectivity index (χ3n) is 7.35. The normalized spacial score (nSPS) is 25.4. The van der Waals surface area contributed by atoms with Crippen LogP contribution < -0.4 is 10.5 Å². The number of aryl methyl sites for hydroxylation is 1. The van der Waals surface area contributed by atoms with E-state index in [-0.39, 0.29) is 23.4 Å². The van der Waals surface area contributed by atoms with E-state index in [1.54, 1.807) is 32.2 Å². The van der Waals surface area contributed by atoms with Gasteiger partial charge in [0.1, 0.15) is 17.7 Å². The first kappa shape index (κ1) is 20.8. The molecular formula is C23H27FN6O2. The van der Waals surface area contributed by atoms with Crippen LogP contribution in [0.25, 0.3) is 22.2 Å². The van der Waals surface area contributed by atoms with Crippen molar-refractivity contribution in [2.45, 2.75) is 50.5 Å². The standard InChI is InChI=1S/C23H27FN6O2/c1-12-25-17-10-14(20(31)11-15(17)23(32)28(12)2)16-6-8-21(27-26-16)30(4)19-9-13-5-7-18(22(19)24)29(13)3/h6,8,10-11,13,18-19,22,31H,5,7,9H2,1-4H3/t13-,18+,19-,22+/m1/s1. The quantitative estimate of drug-likeness (QED) is 0.672. The van der Waals surface area contributed by atoms with Crippen molar-refractivity contribution in [2.24, 2.45) is 7.05 Å². The maximum atomic E-state index is 15.2. The van der Waals surface area contributed by atoms with Gasteiger partial charge in [-0.15, -0.1) is 10.2 Å². The summed E-state index contributed by atoms with van der Waals surface area (Å²) in [6.07, 6.45) is 1.76. The van der Waals surface area contributed by atoms with Crippen molar-refractivity contribution in [1.29, 1.82) is 0 Å². The van der Waals surface area contributed by atoms with E-state index in [0.717, 1.165) is 19.3 Å². The van der Waals surface area contributed by atoms with Crippen LogP contribution in [0.5, 0.6) is 5.75 Å². The zero-order valence-electron chi connectivity index (χ0n) is 18.7. The SMILES string of the molecule is Cc1nc2cc(-c3ccc(N(C)[C@@H]4C[C@H]5CC[C@@H]([C@@H]4F)N5C)nn3)c(O)cc2c(=O)n1C. The maximum Gasteiger partial charge on any atom is 0.261 e. The van der Waals surface area contributed by atoms with Crippen LogP contribution in [0.4, 0.5) is 10.2 Å². The van der Waals surface area contributed by atoms with E-state index in [9.17, 15) is 9.90 Å². The molecule has 4 atom stereocenters. The van der Waals surface area contributed by atoms with Gasteiger partial charge in [0.15, 0.2) is 5.82 Å². The number of nitrogens with zero attached hydrogens (tertiary/aromatic N) is 6. The largest absolute Gasteiger partial charge is 0.507 e. The molecule has 2 aromatic heterocycles. The first-order chi connectivity index (χ1) is 15.3. The Morgan fingerprint density at radius 2 is 1.97 bits per heavy atom. The van der Waals surface area contributed by atoms with Crippen LogP contribution in [-0.4, -0.2) is 68.1 Å². The molecule has 8 nitrogen and oxygen atoms in total. The molecule has 2 bridgehead atoms. The number of phenols is 1. The monoisotopic (exact) mass is 438 g/mol. The van der Waals surface area contributed by atoms with Crippen LogP contribution in [0.1, 0.15) is 25.1 Å². The van der Waals surface area contributed by atoms with Gasteiger partial charge < -0.3 is 10.0 Å². The molecule has 0 aliphatic carbocycles. The number of hydrogen-bond donors (Lipinski definition) is 1. The molecule has 4 heterocycles. The predicted molar refractivity (Wildman–Crippen MR) is 121 cm³/mol. The number of alkyl halides is 1. The topological polar surface area (TPSA) is 87.4 Å². The third kappa shape index (κ3) is 3.14. The summed E-state index contributed by atoms with van der Waals surface area (Å²) in [5, 5.41) is 19.5. The fourth-order valence-corrected chi connectivity index (χ4v) is 5.20. The average molecular weight is 439 g/mol. The van der Waals surface area contributed by atoms with E-state index < -0.39 is 6.17 Å². The molecule has 9 heteroatoms. The Balaban J connectivity index is 1.45. The van der Waals surface area contributed by atoms with E-state index in [4.69, 9.17) is 0 Å². The molecule has 0 radical (unpaired) electrons. The van der Waals surface area contributed by atoms with Gasteiger partial charge in [-0.1, -0.05) is 0 Å². The second kappa shape index (κ2) is 7.51. The van der Waals surface area contributed by atoms with Crippen LogP contribution in [0.15, 0.2) is 29.1 Å². The molecule has 2 aliphatic rings. The number of piperidine rings is 1. The van der Waals surface area contributed by atoms with Crippen molar-refractivity contribution in [3.63, 3.8) is 0 Å². The molecule has 0 amide bonds. The van der Waals surface area contributed by atoms with Crippen LogP contribution in [-0.2, 0) is 7.05 Å². The molecule has 0 spiro atoms. The van der Waals surface area contributed by atoms with Crippen molar-refractivity contribution in [3.05, 3.63) is 40.4 Å². The lowest BCUT2D eigenvalue weighted by Gasteiger charge is -2.43. The van der Waals surface area contributed by atoms with Gasteiger partial charge in [-0.3, -0.25) is 14.3 Å². The summed E-state index contributed by atoms with van der Waals surface area (Å²) in [5.74, 6) is 1.11. The van der Waals surface area contributed by atoms with Crippen molar-refractivity contribution in [1.82, 2.24) is 24.6 Å². The zero-order valence-corrected chi connectivity index (χ0v) is 18.7. The van der Waals surface area contributed by atoms with Gasteiger partial charge in [-0.25, -0.2) is 9.37 Å².